The first-order valence-electron chi connectivity index (χ1n) is 16.5. The number of benzene rings is 2. The molecule has 2 bridgehead atoms. The number of likely N-dealkylation sites (tertiary alicyclic amines) is 1. The van der Waals surface area contributed by atoms with Gasteiger partial charge in [0, 0.05) is 46.7 Å². The summed E-state index contributed by atoms with van der Waals surface area (Å²) in [6, 6.07) is 11.1. The van der Waals surface area contributed by atoms with Crippen LogP contribution >= 0.6 is 11.6 Å². The molecule has 51 heavy (non-hydrogen) atoms. The third-order valence-electron chi connectivity index (χ3n) is 8.83. The Balaban J connectivity index is 1.32. The van der Waals surface area contributed by atoms with Gasteiger partial charge in [-0.15, -0.1) is 5.10 Å². The van der Waals surface area contributed by atoms with Gasteiger partial charge in [-0.05, 0) is 78.6 Å². The number of piperidine rings is 1. The van der Waals surface area contributed by atoms with Gasteiger partial charge >= 0.3 is 6.09 Å². The van der Waals surface area contributed by atoms with E-state index in [2.05, 4.69) is 47.5 Å². The molecule has 16 nitrogen and oxygen atoms in total. The number of rotatable bonds is 6. The molecule has 4 aromatic rings. The summed E-state index contributed by atoms with van der Waals surface area (Å²) in [5, 5.41) is 41.0. The minimum Gasteiger partial charge on any atom is -0.453 e. The van der Waals surface area contributed by atoms with Crippen LogP contribution in [0.25, 0.3) is 23.0 Å². The summed E-state index contributed by atoms with van der Waals surface area (Å²) in [5.74, 6) is -0.130. The number of aliphatic hydroxyl groups excluding tert-OH is 1. The molecule has 3 amide bonds. The lowest BCUT2D eigenvalue weighted by Gasteiger charge is -2.33. The number of amides is 3. The maximum absolute atomic E-state index is 13.9. The van der Waals surface area contributed by atoms with E-state index in [-0.39, 0.29) is 11.6 Å². The number of ether oxygens (including phenoxy) is 1. The molecule has 0 saturated carbocycles. The number of hydrogen-bond acceptors (Lipinski definition) is 11. The van der Waals surface area contributed by atoms with E-state index in [1.165, 1.54) is 24.2 Å². The van der Waals surface area contributed by atoms with E-state index >= 15 is 0 Å². The van der Waals surface area contributed by atoms with Crippen molar-refractivity contribution in [1.82, 2.24) is 40.4 Å². The molecule has 0 unspecified atom stereocenters. The number of tetrazole rings is 1. The predicted octanol–water partition coefficient (Wildman–Crippen LogP) is 3.96. The molecular formula is C34H36ClN11O5. The minimum absolute atomic E-state index is 0.0914. The van der Waals surface area contributed by atoms with Crippen LogP contribution in [-0.4, -0.2) is 90.4 Å². The molecule has 0 spiro atoms. The van der Waals surface area contributed by atoms with Gasteiger partial charge in [0.1, 0.15) is 24.3 Å². The zero-order chi connectivity index (χ0) is 35.9. The van der Waals surface area contributed by atoms with Crippen LogP contribution in [-0.2, 0) is 14.3 Å². The van der Waals surface area contributed by atoms with E-state index in [1.54, 1.807) is 47.4 Å². The summed E-state index contributed by atoms with van der Waals surface area (Å²) in [7, 11) is 1.26. The van der Waals surface area contributed by atoms with Gasteiger partial charge in [-0.1, -0.05) is 24.4 Å². The number of hydrogen-bond donors (Lipinski definition) is 5. The number of methoxy groups -OCH3 is 1. The average Bonchev–Trinajstić information content (AvgIpc) is 3.82. The number of carbonyl (C=O) groups is 3. The van der Waals surface area contributed by atoms with Crippen LogP contribution < -0.4 is 16.0 Å². The predicted molar refractivity (Wildman–Crippen MR) is 187 cm³/mol. The van der Waals surface area contributed by atoms with E-state index in [1.807, 2.05) is 0 Å². The van der Waals surface area contributed by atoms with Crippen molar-refractivity contribution in [1.29, 1.82) is 5.26 Å². The van der Waals surface area contributed by atoms with Gasteiger partial charge in [-0.2, -0.15) is 9.94 Å². The number of aromatic amines is 1. The molecule has 2 aromatic heterocycles. The lowest BCUT2D eigenvalue weighted by Crippen LogP contribution is -2.47. The Morgan fingerprint density at radius 1 is 1.12 bits per heavy atom. The zero-order valence-corrected chi connectivity index (χ0v) is 28.4. The van der Waals surface area contributed by atoms with Crippen molar-refractivity contribution in [3.63, 3.8) is 0 Å². The van der Waals surface area contributed by atoms with Crippen LogP contribution in [0.1, 0.15) is 61.6 Å². The quantitative estimate of drug-likeness (QED) is 0.180. The van der Waals surface area contributed by atoms with Crippen LogP contribution in [0, 0.1) is 11.3 Å². The molecule has 4 heterocycles. The topological polar surface area (TPSA) is 216 Å². The Morgan fingerprint density at radius 2 is 1.92 bits per heavy atom. The van der Waals surface area contributed by atoms with Crippen molar-refractivity contribution in [3.05, 3.63) is 70.9 Å². The summed E-state index contributed by atoms with van der Waals surface area (Å²) < 4.78 is 6.23. The number of carbonyl (C=O) groups excluding carboxylic acids is 3. The van der Waals surface area contributed by atoms with Gasteiger partial charge < -0.3 is 30.4 Å². The van der Waals surface area contributed by atoms with E-state index in [4.69, 9.17) is 16.3 Å². The molecule has 2 aliphatic rings. The van der Waals surface area contributed by atoms with Crippen LogP contribution in [0.4, 0.5) is 16.2 Å². The highest BCUT2D eigenvalue weighted by Gasteiger charge is 2.30. The maximum atomic E-state index is 13.9. The number of H-pyrrole nitrogens is 1. The van der Waals surface area contributed by atoms with Gasteiger partial charge in [0.15, 0.2) is 5.69 Å². The van der Waals surface area contributed by atoms with Crippen LogP contribution in [0.3, 0.4) is 0 Å². The van der Waals surface area contributed by atoms with E-state index < -0.39 is 30.2 Å². The third kappa shape index (κ3) is 8.34. The van der Waals surface area contributed by atoms with Gasteiger partial charge in [-0.3, -0.25) is 14.9 Å². The molecule has 6 rings (SSSR count). The van der Waals surface area contributed by atoms with Gasteiger partial charge in [0.2, 0.25) is 11.8 Å². The first-order valence-corrected chi connectivity index (χ1v) is 16.8. The molecular weight excluding hydrogens is 678 g/mol. The van der Waals surface area contributed by atoms with Crippen molar-refractivity contribution in [2.24, 2.45) is 0 Å². The SMILES string of the molecule is COC(=O)Nc1ccc2c(c1)N[C@@H](C(=O)N1CCC(O)CC1)CCCC[C@H](NC(=O)/C=C/c1cc(Cl)ccc1-n1cnnn1)c1nc(C#N)c-2[nH]1. The van der Waals surface area contributed by atoms with Gasteiger partial charge in [-0.25, -0.2) is 9.78 Å². The van der Waals surface area contributed by atoms with Crippen molar-refractivity contribution >= 4 is 47.0 Å². The number of aliphatic hydroxyl groups is 1. The van der Waals surface area contributed by atoms with Gasteiger partial charge in [0.25, 0.3) is 0 Å². The Hall–Kier alpha value is -5.79. The molecule has 2 aromatic carbocycles. The Bertz CT molecular complexity index is 1960. The highest BCUT2D eigenvalue weighted by Crippen LogP contribution is 2.35. The number of nitrogens with one attached hydrogen (secondary N) is 4. The van der Waals surface area contributed by atoms with E-state index in [0.717, 1.165) is 0 Å². The summed E-state index contributed by atoms with van der Waals surface area (Å²) in [6.07, 6.45) is 6.48. The second-order valence-corrected chi connectivity index (χ2v) is 12.7. The minimum atomic E-state index is -0.668. The standard InChI is InChI=1S/C34H36ClN11O5/c1-51-34(50)38-22-8-9-24-27(17-22)39-26(33(49)45-14-12-23(47)13-15-45)5-3-2-4-25(32-41-28(18-36)31(24)42-32)40-30(48)11-6-20-16-21(35)7-10-29(20)46-19-37-43-44-46/h6-11,16-17,19,23,25-26,39,47H,2-5,12-15H2,1H3,(H,38,50)(H,40,48)(H,41,42)/b11-6+/t25-,26+/m0/s1. The first-order chi connectivity index (χ1) is 24.7. The molecule has 264 valence electrons. The Morgan fingerprint density at radius 3 is 2.67 bits per heavy atom. The van der Waals surface area contributed by atoms with E-state index in [9.17, 15) is 24.8 Å². The van der Waals surface area contributed by atoms with Crippen LogP contribution in [0.15, 0.2) is 48.8 Å². The van der Waals surface area contributed by atoms with Crippen molar-refractivity contribution in [3.8, 4) is 23.0 Å². The molecule has 2 atom stereocenters. The highest BCUT2D eigenvalue weighted by molar-refractivity contribution is 6.30. The van der Waals surface area contributed by atoms with Crippen molar-refractivity contribution in [2.75, 3.05) is 30.8 Å². The molecule has 0 aliphatic carbocycles. The third-order valence-corrected chi connectivity index (χ3v) is 9.07. The fourth-order valence-corrected chi connectivity index (χ4v) is 6.39. The number of nitrogens with zero attached hydrogens (tertiary/aromatic N) is 7. The maximum Gasteiger partial charge on any atom is 0.411 e. The van der Waals surface area contributed by atoms with E-state index in [0.29, 0.717) is 96.3 Å². The second kappa shape index (κ2) is 15.8. The first kappa shape index (κ1) is 35.1. The number of imidazole rings is 1. The fraction of sp³-hybridized carbons (Fsp3) is 0.353. The molecule has 1 fully saturated rings. The number of fused-ring (bicyclic) bond motifs is 4. The van der Waals surface area contributed by atoms with Crippen molar-refractivity contribution in [2.45, 2.75) is 56.7 Å². The average molecular weight is 714 g/mol. The number of anilines is 2. The summed E-state index contributed by atoms with van der Waals surface area (Å²) in [4.78, 5) is 48.9. The summed E-state index contributed by atoms with van der Waals surface area (Å²) in [5.41, 5.74) is 3.13. The smallest absolute Gasteiger partial charge is 0.411 e. The monoisotopic (exact) mass is 713 g/mol. The molecule has 17 heteroatoms. The lowest BCUT2D eigenvalue weighted by molar-refractivity contribution is -0.134. The molecule has 5 N–H and O–H groups in total. The Kier molecular flexibility index (Phi) is 10.9. The largest absolute Gasteiger partial charge is 0.453 e. The fourth-order valence-electron chi connectivity index (χ4n) is 6.21. The molecule has 0 radical (unpaired) electrons. The normalized spacial score (nSPS) is 18.0. The number of halogens is 1. The number of aromatic nitrogens is 6. The highest BCUT2D eigenvalue weighted by atomic mass is 35.5. The summed E-state index contributed by atoms with van der Waals surface area (Å²) in [6.45, 7) is 0.872. The number of nitriles is 1. The van der Waals surface area contributed by atoms with Crippen LogP contribution in [0.2, 0.25) is 5.02 Å². The van der Waals surface area contributed by atoms with Crippen molar-refractivity contribution < 1.29 is 24.2 Å². The molecule has 2 aliphatic heterocycles. The summed E-state index contributed by atoms with van der Waals surface area (Å²) >= 11 is 6.25. The van der Waals surface area contributed by atoms with Gasteiger partial charge in [0.05, 0.1) is 30.6 Å². The Labute approximate surface area is 297 Å². The zero-order valence-electron chi connectivity index (χ0n) is 27.7. The molecule has 1 saturated heterocycles. The lowest BCUT2D eigenvalue weighted by atomic mass is 10.00. The second-order valence-electron chi connectivity index (χ2n) is 12.2. The van der Waals surface area contributed by atoms with Crippen LogP contribution in [0.5, 0.6) is 0 Å².